The lowest BCUT2D eigenvalue weighted by atomic mass is 9.93. The summed E-state index contributed by atoms with van der Waals surface area (Å²) in [6.07, 6.45) is 2.18. The zero-order chi connectivity index (χ0) is 16.1. The summed E-state index contributed by atoms with van der Waals surface area (Å²) in [6.45, 7) is 5.55. The number of amides is 1. The zero-order valence-electron chi connectivity index (χ0n) is 13.3. The van der Waals surface area contributed by atoms with E-state index in [4.69, 9.17) is 11.6 Å². The molecule has 0 spiro atoms. The Hall–Kier alpha value is -0.750. The summed E-state index contributed by atoms with van der Waals surface area (Å²) < 4.78 is 0. The fourth-order valence-corrected chi connectivity index (χ4v) is 4.76. The van der Waals surface area contributed by atoms with Gasteiger partial charge < -0.3 is 15.5 Å². The molecular weight excluding hydrogens is 330 g/mol. The highest BCUT2D eigenvalue weighted by Gasteiger charge is 2.31. The Labute approximate surface area is 147 Å². The number of nitrogens with one attached hydrogen (secondary N) is 2. The molecule has 126 valence electrons. The van der Waals surface area contributed by atoms with Gasteiger partial charge in [-0.2, -0.15) is 0 Å². The Morgan fingerprint density at radius 2 is 2.09 bits per heavy atom. The van der Waals surface area contributed by atoms with Gasteiger partial charge >= 0.3 is 0 Å². The van der Waals surface area contributed by atoms with E-state index in [0.717, 1.165) is 56.2 Å². The minimum Gasteiger partial charge on any atom is -0.343 e. The van der Waals surface area contributed by atoms with Gasteiger partial charge in [-0.05, 0) is 31.0 Å². The van der Waals surface area contributed by atoms with Crippen molar-refractivity contribution in [1.29, 1.82) is 0 Å². The summed E-state index contributed by atoms with van der Waals surface area (Å²) in [5.41, 5.74) is 1.16. The summed E-state index contributed by atoms with van der Waals surface area (Å²) in [5.74, 6) is 0.978. The number of hydrogen-bond donors (Lipinski definition) is 2. The molecule has 23 heavy (non-hydrogen) atoms. The van der Waals surface area contributed by atoms with Gasteiger partial charge in [0.2, 0.25) is 5.91 Å². The molecule has 2 unspecified atom stereocenters. The van der Waals surface area contributed by atoms with Gasteiger partial charge in [-0.25, -0.2) is 0 Å². The number of thioether (sulfide) groups is 1. The second kappa shape index (κ2) is 8.38. The van der Waals surface area contributed by atoms with Crippen molar-refractivity contribution in [1.82, 2.24) is 15.5 Å². The molecule has 2 aliphatic heterocycles. The van der Waals surface area contributed by atoms with Crippen molar-refractivity contribution in [2.45, 2.75) is 24.1 Å². The third-order valence-corrected chi connectivity index (χ3v) is 6.15. The van der Waals surface area contributed by atoms with Crippen LogP contribution in [0.25, 0.3) is 0 Å². The molecule has 2 atom stereocenters. The van der Waals surface area contributed by atoms with Crippen LogP contribution in [-0.4, -0.2) is 54.7 Å². The lowest BCUT2D eigenvalue weighted by Crippen LogP contribution is -2.43. The fourth-order valence-electron chi connectivity index (χ4n) is 3.34. The summed E-state index contributed by atoms with van der Waals surface area (Å²) in [4.78, 5) is 14.1. The van der Waals surface area contributed by atoms with Crippen molar-refractivity contribution >= 4 is 29.3 Å². The van der Waals surface area contributed by atoms with Crippen molar-refractivity contribution in [2.24, 2.45) is 0 Å². The maximum atomic E-state index is 11.6. The summed E-state index contributed by atoms with van der Waals surface area (Å²) in [7, 11) is 0. The highest BCUT2D eigenvalue weighted by Crippen LogP contribution is 2.37. The van der Waals surface area contributed by atoms with Crippen LogP contribution in [0, 0.1) is 0 Å². The van der Waals surface area contributed by atoms with Crippen LogP contribution in [0.3, 0.4) is 0 Å². The Kier molecular flexibility index (Phi) is 6.22. The number of piperazine rings is 1. The molecule has 0 bridgehead atoms. The molecule has 1 aromatic carbocycles. The van der Waals surface area contributed by atoms with E-state index >= 15 is 0 Å². The van der Waals surface area contributed by atoms with Gasteiger partial charge in [0.05, 0.1) is 11.1 Å². The lowest BCUT2D eigenvalue weighted by Gasteiger charge is -2.29. The summed E-state index contributed by atoms with van der Waals surface area (Å²) in [5, 5.41) is 7.45. The molecule has 2 saturated heterocycles. The van der Waals surface area contributed by atoms with Crippen LogP contribution in [0.4, 0.5) is 0 Å². The molecule has 2 heterocycles. The number of halogens is 1. The fraction of sp³-hybridized carbons (Fsp3) is 0.588. The van der Waals surface area contributed by atoms with Crippen molar-refractivity contribution < 1.29 is 4.79 Å². The second-order valence-corrected chi connectivity index (χ2v) is 7.70. The molecule has 4 nitrogen and oxygen atoms in total. The molecule has 2 aliphatic rings. The number of hydrogen-bond acceptors (Lipinski definition) is 4. The highest BCUT2D eigenvalue weighted by molar-refractivity contribution is 8.01. The van der Waals surface area contributed by atoms with Gasteiger partial charge in [0.15, 0.2) is 0 Å². The number of carbonyl (C=O) groups excluding carboxylic acids is 1. The third-order valence-electron chi connectivity index (χ3n) is 4.57. The van der Waals surface area contributed by atoms with Gasteiger partial charge in [-0.3, -0.25) is 4.79 Å². The average molecular weight is 354 g/mol. The molecule has 2 N–H and O–H groups in total. The van der Waals surface area contributed by atoms with E-state index < -0.39 is 0 Å². The topological polar surface area (TPSA) is 44.4 Å². The number of carbonyl (C=O) groups is 1. The first-order valence-corrected chi connectivity index (χ1v) is 9.75. The molecule has 1 amide bonds. The predicted octanol–water partition coefficient (Wildman–Crippen LogP) is 2.30. The van der Waals surface area contributed by atoms with Crippen molar-refractivity contribution in [3.63, 3.8) is 0 Å². The molecule has 0 aliphatic carbocycles. The van der Waals surface area contributed by atoms with Crippen LogP contribution in [0.5, 0.6) is 0 Å². The van der Waals surface area contributed by atoms with E-state index in [2.05, 4.69) is 21.6 Å². The van der Waals surface area contributed by atoms with Gasteiger partial charge in [-0.1, -0.05) is 29.8 Å². The predicted molar refractivity (Wildman–Crippen MR) is 97.1 cm³/mol. The quantitative estimate of drug-likeness (QED) is 0.823. The van der Waals surface area contributed by atoms with E-state index in [1.165, 1.54) is 0 Å². The Bertz CT molecular complexity index is 536. The lowest BCUT2D eigenvalue weighted by molar-refractivity contribution is -0.118. The number of rotatable bonds is 6. The van der Waals surface area contributed by atoms with E-state index in [1.54, 1.807) is 11.8 Å². The molecule has 1 aromatic rings. The standard InChI is InChI=1S/C17H24ClN3OS/c18-15-6-2-1-4-13(15)14(17-20-16(22)12-23-17)5-3-9-21-10-7-19-8-11-21/h1-2,4,6,14,17,19H,3,5,7-12H2,(H,20,22). The Morgan fingerprint density at radius 3 is 2.78 bits per heavy atom. The molecule has 6 heteroatoms. The van der Waals surface area contributed by atoms with Crippen LogP contribution in [-0.2, 0) is 4.79 Å². The van der Waals surface area contributed by atoms with Gasteiger partial charge in [0.25, 0.3) is 0 Å². The van der Waals surface area contributed by atoms with Crippen LogP contribution in [0.15, 0.2) is 24.3 Å². The Morgan fingerprint density at radius 1 is 1.30 bits per heavy atom. The van der Waals surface area contributed by atoms with Crippen LogP contribution < -0.4 is 10.6 Å². The third kappa shape index (κ3) is 4.63. The van der Waals surface area contributed by atoms with Crippen molar-refractivity contribution in [3.8, 4) is 0 Å². The minimum absolute atomic E-state index is 0.138. The number of nitrogens with zero attached hydrogens (tertiary/aromatic N) is 1. The molecule has 0 saturated carbocycles. The largest absolute Gasteiger partial charge is 0.343 e. The second-order valence-electron chi connectivity index (χ2n) is 6.16. The molecule has 3 rings (SSSR count). The molecule has 0 aromatic heterocycles. The number of benzene rings is 1. The van der Waals surface area contributed by atoms with E-state index in [9.17, 15) is 4.79 Å². The smallest absolute Gasteiger partial charge is 0.230 e. The maximum absolute atomic E-state index is 11.6. The first-order chi connectivity index (χ1) is 11.2. The van der Waals surface area contributed by atoms with E-state index in [-0.39, 0.29) is 17.2 Å². The first-order valence-electron chi connectivity index (χ1n) is 8.32. The van der Waals surface area contributed by atoms with Gasteiger partial charge in [0, 0.05) is 37.1 Å². The van der Waals surface area contributed by atoms with Crippen LogP contribution in [0.2, 0.25) is 5.02 Å². The SMILES string of the molecule is O=C1CSC(C(CCCN2CCNCC2)c2ccccc2Cl)N1. The monoisotopic (exact) mass is 353 g/mol. The average Bonchev–Trinajstić information content (AvgIpc) is 3.00. The minimum atomic E-state index is 0.138. The highest BCUT2D eigenvalue weighted by atomic mass is 35.5. The van der Waals surface area contributed by atoms with Crippen LogP contribution in [0.1, 0.15) is 24.3 Å². The summed E-state index contributed by atoms with van der Waals surface area (Å²) >= 11 is 8.13. The first kappa shape index (κ1) is 17.1. The molecule has 2 fully saturated rings. The molecule has 0 radical (unpaired) electrons. The van der Waals surface area contributed by atoms with Gasteiger partial charge in [-0.15, -0.1) is 11.8 Å². The van der Waals surface area contributed by atoms with E-state index in [1.807, 2.05) is 18.2 Å². The van der Waals surface area contributed by atoms with E-state index in [0.29, 0.717) is 5.75 Å². The van der Waals surface area contributed by atoms with Crippen LogP contribution >= 0.6 is 23.4 Å². The normalized spacial score (nSPS) is 23.7. The van der Waals surface area contributed by atoms with Crippen molar-refractivity contribution in [2.75, 3.05) is 38.5 Å². The van der Waals surface area contributed by atoms with Crippen molar-refractivity contribution in [3.05, 3.63) is 34.9 Å². The zero-order valence-corrected chi connectivity index (χ0v) is 14.8. The maximum Gasteiger partial charge on any atom is 0.230 e. The molecular formula is C17H24ClN3OS. The van der Waals surface area contributed by atoms with Gasteiger partial charge in [0.1, 0.15) is 0 Å². The Balaban J connectivity index is 1.63. The summed E-state index contributed by atoms with van der Waals surface area (Å²) in [6, 6.07) is 8.04.